The molecule has 2 amide bonds. The molecule has 1 heterocycles. The van der Waals surface area contributed by atoms with E-state index in [-0.39, 0.29) is 16.9 Å². The molecular weight excluding hydrogens is 362 g/mol. The number of nitrogens with zero attached hydrogens (tertiary/aromatic N) is 2. The van der Waals surface area contributed by atoms with Crippen LogP contribution in [0.4, 0.5) is 16.6 Å². The SMILES string of the molecule is Nc1cc(Cl)nc(NC(=O)NS(=O)(=O)c2ccccc2C(=O)O)n1. The van der Waals surface area contributed by atoms with Gasteiger partial charge < -0.3 is 10.8 Å². The molecule has 0 saturated carbocycles. The number of amides is 2. The van der Waals surface area contributed by atoms with Crippen molar-refractivity contribution in [3.63, 3.8) is 0 Å². The number of benzene rings is 1. The molecule has 1 aromatic heterocycles. The van der Waals surface area contributed by atoms with Crippen LogP contribution in [0.1, 0.15) is 10.4 Å². The van der Waals surface area contributed by atoms with Gasteiger partial charge in [0.1, 0.15) is 15.9 Å². The first-order chi connectivity index (χ1) is 11.2. The van der Waals surface area contributed by atoms with Crippen molar-refractivity contribution >= 4 is 45.4 Å². The molecule has 0 fully saturated rings. The van der Waals surface area contributed by atoms with Gasteiger partial charge >= 0.3 is 12.0 Å². The summed E-state index contributed by atoms with van der Waals surface area (Å²) in [5.41, 5.74) is 4.93. The summed E-state index contributed by atoms with van der Waals surface area (Å²) in [5.74, 6) is -1.81. The maximum absolute atomic E-state index is 12.2. The third-order valence-electron chi connectivity index (χ3n) is 2.57. The van der Waals surface area contributed by atoms with E-state index in [1.54, 1.807) is 4.72 Å². The minimum absolute atomic E-state index is 0.0376. The number of urea groups is 1. The van der Waals surface area contributed by atoms with E-state index in [0.717, 1.165) is 12.1 Å². The Kier molecular flexibility index (Phi) is 4.85. The molecule has 0 bridgehead atoms. The molecule has 0 aliphatic heterocycles. The van der Waals surface area contributed by atoms with Crippen LogP contribution in [0, 0.1) is 0 Å². The number of hydrogen-bond acceptors (Lipinski definition) is 7. The van der Waals surface area contributed by atoms with Crippen LogP contribution >= 0.6 is 11.6 Å². The highest BCUT2D eigenvalue weighted by molar-refractivity contribution is 7.90. The first-order valence-corrected chi connectivity index (χ1v) is 8.01. The van der Waals surface area contributed by atoms with Gasteiger partial charge in [-0.25, -0.2) is 27.7 Å². The smallest absolute Gasteiger partial charge is 0.337 e. The number of carboxylic acid groups (broad SMARTS) is 1. The minimum atomic E-state index is -4.44. The summed E-state index contributed by atoms with van der Waals surface area (Å²) in [4.78, 5) is 29.6. The summed E-state index contributed by atoms with van der Waals surface area (Å²) in [7, 11) is -4.44. The van der Waals surface area contributed by atoms with Crippen molar-refractivity contribution in [2.45, 2.75) is 4.90 Å². The second kappa shape index (κ2) is 6.68. The molecule has 0 spiro atoms. The monoisotopic (exact) mass is 371 g/mol. The fourth-order valence-electron chi connectivity index (χ4n) is 1.67. The molecule has 0 unspecified atom stereocenters. The molecule has 5 N–H and O–H groups in total. The normalized spacial score (nSPS) is 10.9. The Bertz CT molecular complexity index is 898. The highest BCUT2D eigenvalue weighted by Crippen LogP contribution is 2.16. The predicted octanol–water partition coefficient (Wildman–Crippen LogP) is 0.921. The van der Waals surface area contributed by atoms with Crippen molar-refractivity contribution in [2.75, 3.05) is 11.1 Å². The lowest BCUT2D eigenvalue weighted by Crippen LogP contribution is -2.35. The Morgan fingerprint density at radius 2 is 1.88 bits per heavy atom. The lowest BCUT2D eigenvalue weighted by molar-refractivity contribution is 0.0692. The second-order valence-corrected chi connectivity index (χ2v) is 6.34. The third-order valence-corrected chi connectivity index (χ3v) is 4.16. The van der Waals surface area contributed by atoms with Crippen LogP contribution < -0.4 is 15.8 Å². The molecule has 0 aliphatic rings. The van der Waals surface area contributed by atoms with Crippen LogP contribution in [0.15, 0.2) is 35.2 Å². The second-order valence-electron chi connectivity index (χ2n) is 4.30. The maximum Gasteiger partial charge on any atom is 0.337 e. The molecule has 0 radical (unpaired) electrons. The molecule has 10 nitrogen and oxygen atoms in total. The lowest BCUT2D eigenvalue weighted by atomic mass is 10.2. The Morgan fingerprint density at radius 1 is 1.21 bits per heavy atom. The summed E-state index contributed by atoms with van der Waals surface area (Å²) in [5, 5.41) is 11.0. The van der Waals surface area contributed by atoms with E-state index in [1.165, 1.54) is 18.2 Å². The fraction of sp³-hybridized carbons (Fsp3) is 0. The number of carbonyl (C=O) groups is 2. The summed E-state index contributed by atoms with van der Waals surface area (Å²) in [6.45, 7) is 0. The van der Waals surface area contributed by atoms with Crippen LogP contribution in [0.25, 0.3) is 0 Å². The van der Waals surface area contributed by atoms with Crippen LogP contribution in [-0.2, 0) is 10.0 Å². The number of anilines is 2. The topological polar surface area (TPSA) is 164 Å². The number of nitrogens with two attached hydrogens (primary N) is 1. The number of aromatic carboxylic acids is 1. The molecule has 0 atom stereocenters. The van der Waals surface area contributed by atoms with E-state index < -0.39 is 32.5 Å². The fourth-order valence-corrected chi connectivity index (χ4v) is 2.97. The van der Waals surface area contributed by atoms with Crippen molar-refractivity contribution in [3.05, 3.63) is 41.0 Å². The van der Waals surface area contributed by atoms with Gasteiger partial charge in [-0.05, 0) is 12.1 Å². The predicted molar refractivity (Wildman–Crippen MR) is 84.2 cm³/mol. The Balaban J connectivity index is 2.23. The van der Waals surface area contributed by atoms with Crippen molar-refractivity contribution in [3.8, 4) is 0 Å². The van der Waals surface area contributed by atoms with Gasteiger partial charge in [-0.2, -0.15) is 4.98 Å². The average Bonchev–Trinajstić information content (AvgIpc) is 2.45. The highest BCUT2D eigenvalue weighted by Gasteiger charge is 2.24. The number of rotatable bonds is 4. The Morgan fingerprint density at radius 3 is 2.50 bits per heavy atom. The lowest BCUT2D eigenvalue weighted by Gasteiger charge is -2.10. The molecule has 2 rings (SSSR count). The molecule has 24 heavy (non-hydrogen) atoms. The van der Waals surface area contributed by atoms with E-state index in [2.05, 4.69) is 9.97 Å². The molecule has 126 valence electrons. The average molecular weight is 372 g/mol. The van der Waals surface area contributed by atoms with Gasteiger partial charge in [0.05, 0.1) is 5.56 Å². The van der Waals surface area contributed by atoms with Gasteiger partial charge in [0.2, 0.25) is 5.95 Å². The van der Waals surface area contributed by atoms with Gasteiger partial charge in [0.15, 0.2) is 0 Å². The molecule has 0 saturated heterocycles. The first kappa shape index (κ1) is 17.4. The van der Waals surface area contributed by atoms with E-state index >= 15 is 0 Å². The van der Waals surface area contributed by atoms with Crippen LogP contribution in [-0.4, -0.2) is 35.5 Å². The van der Waals surface area contributed by atoms with Gasteiger partial charge in [0.25, 0.3) is 10.0 Å². The van der Waals surface area contributed by atoms with E-state index in [4.69, 9.17) is 22.4 Å². The molecule has 2 aromatic rings. The summed E-state index contributed by atoms with van der Waals surface area (Å²) in [6, 6.07) is 4.83. The standard InChI is InChI=1S/C12H10ClN5O5S/c13-8-5-9(14)16-11(15-8)17-12(21)18-24(22,23)7-4-2-1-3-6(7)10(19)20/h1-5H,(H,19,20)(H4,14,15,16,17,18,21). The number of nitrogens with one attached hydrogen (secondary N) is 2. The van der Waals surface area contributed by atoms with Gasteiger partial charge in [-0.15, -0.1) is 0 Å². The summed E-state index contributed by atoms with van der Waals surface area (Å²) in [6.07, 6.45) is 0. The molecule has 1 aromatic carbocycles. The number of nitrogen functional groups attached to an aromatic ring is 1. The number of sulfonamides is 1. The quantitative estimate of drug-likeness (QED) is 0.576. The van der Waals surface area contributed by atoms with Gasteiger partial charge in [-0.1, -0.05) is 23.7 Å². The van der Waals surface area contributed by atoms with Gasteiger partial charge in [0, 0.05) is 6.07 Å². The number of carboxylic acids is 1. The zero-order valence-electron chi connectivity index (χ0n) is 11.7. The van der Waals surface area contributed by atoms with Crippen LogP contribution in [0.5, 0.6) is 0 Å². The van der Waals surface area contributed by atoms with E-state index in [1.807, 2.05) is 5.32 Å². The highest BCUT2D eigenvalue weighted by atomic mass is 35.5. The number of hydrogen-bond donors (Lipinski definition) is 4. The first-order valence-electron chi connectivity index (χ1n) is 6.15. The van der Waals surface area contributed by atoms with Crippen LogP contribution in [0.3, 0.4) is 0 Å². The zero-order valence-corrected chi connectivity index (χ0v) is 13.3. The molecule has 0 aliphatic carbocycles. The number of halogens is 1. The Hall–Kier alpha value is -2.92. The zero-order chi connectivity index (χ0) is 17.9. The molecular formula is C12H10ClN5O5S. The number of aromatic nitrogens is 2. The van der Waals surface area contributed by atoms with Crippen molar-refractivity contribution < 1.29 is 23.1 Å². The van der Waals surface area contributed by atoms with E-state index in [0.29, 0.717) is 0 Å². The molecule has 12 heteroatoms. The largest absolute Gasteiger partial charge is 0.478 e. The van der Waals surface area contributed by atoms with Gasteiger partial charge in [-0.3, -0.25) is 5.32 Å². The number of carbonyl (C=O) groups excluding carboxylic acids is 1. The van der Waals surface area contributed by atoms with Crippen molar-refractivity contribution in [1.29, 1.82) is 0 Å². The van der Waals surface area contributed by atoms with Crippen molar-refractivity contribution in [1.82, 2.24) is 14.7 Å². The van der Waals surface area contributed by atoms with Crippen LogP contribution in [0.2, 0.25) is 5.15 Å². The third kappa shape index (κ3) is 4.08. The summed E-state index contributed by atoms with van der Waals surface area (Å²) >= 11 is 5.63. The van der Waals surface area contributed by atoms with E-state index in [9.17, 15) is 18.0 Å². The maximum atomic E-state index is 12.2. The Labute approximate surface area is 140 Å². The minimum Gasteiger partial charge on any atom is -0.478 e. The summed E-state index contributed by atoms with van der Waals surface area (Å²) < 4.78 is 26.0. The van der Waals surface area contributed by atoms with Crippen molar-refractivity contribution in [2.24, 2.45) is 0 Å².